The standard InChI is InChI=1S/C22H24Cl2N4O3/c23-18-6-4-16(14-19(18)24)22(29)27-12-10-25(11-13-27)17-5-7-20(28(30)31)21(15-17)26-8-2-1-3-9-26/h4-7,14-15H,1-3,8-13H2. The Kier molecular flexibility index (Phi) is 6.53. The minimum absolute atomic E-state index is 0.0732. The predicted octanol–water partition coefficient (Wildman–Crippen LogP) is 4.85. The molecular formula is C22H24Cl2N4O3. The highest BCUT2D eigenvalue weighted by Gasteiger charge is 2.26. The van der Waals surface area contributed by atoms with Crippen molar-refractivity contribution in [3.8, 4) is 0 Å². The van der Waals surface area contributed by atoms with Crippen molar-refractivity contribution in [2.24, 2.45) is 0 Å². The third kappa shape index (κ3) is 4.72. The molecule has 0 atom stereocenters. The van der Waals surface area contributed by atoms with Crippen LogP contribution in [0.25, 0.3) is 0 Å². The number of nitro groups is 1. The maximum atomic E-state index is 12.8. The van der Waals surface area contributed by atoms with E-state index >= 15 is 0 Å². The first-order chi connectivity index (χ1) is 14.9. The van der Waals surface area contributed by atoms with E-state index in [1.165, 1.54) is 6.42 Å². The van der Waals surface area contributed by atoms with Crippen LogP contribution in [0.5, 0.6) is 0 Å². The third-order valence-corrected chi connectivity index (χ3v) is 6.69. The lowest BCUT2D eigenvalue weighted by Gasteiger charge is -2.37. The van der Waals surface area contributed by atoms with Crippen molar-refractivity contribution in [1.29, 1.82) is 0 Å². The van der Waals surface area contributed by atoms with Crippen molar-refractivity contribution in [3.63, 3.8) is 0 Å². The number of anilines is 2. The summed E-state index contributed by atoms with van der Waals surface area (Å²) >= 11 is 12.0. The average molecular weight is 463 g/mol. The summed E-state index contributed by atoms with van der Waals surface area (Å²) in [5, 5.41) is 12.3. The van der Waals surface area contributed by atoms with Gasteiger partial charge in [0.2, 0.25) is 0 Å². The number of carbonyl (C=O) groups is 1. The Hall–Kier alpha value is -2.51. The summed E-state index contributed by atoms with van der Waals surface area (Å²) in [6.45, 7) is 4.13. The van der Waals surface area contributed by atoms with Gasteiger partial charge < -0.3 is 14.7 Å². The smallest absolute Gasteiger partial charge is 0.292 e. The van der Waals surface area contributed by atoms with E-state index in [1.807, 2.05) is 12.1 Å². The van der Waals surface area contributed by atoms with Gasteiger partial charge in [-0.1, -0.05) is 23.2 Å². The SMILES string of the molecule is O=C(c1ccc(Cl)c(Cl)c1)N1CCN(c2ccc([N+](=O)[O-])c(N3CCCCC3)c2)CC1. The van der Waals surface area contributed by atoms with Gasteiger partial charge in [0.05, 0.1) is 15.0 Å². The molecule has 0 aliphatic carbocycles. The fourth-order valence-corrected chi connectivity index (χ4v) is 4.53. The number of piperazine rings is 1. The van der Waals surface area contributed by atoms with Gasteiger partial charge in [-0.05, 0) is 49.6 Å². The highest BCUT2D eigenvalue weighted by atomic mass is 35.5. The second-order valence-corrected chi connectivity index (χ2v) is 8.70. The molecule has 1 amide bonds. The zero-order chi connectivity index (χ0) is 22.0. The Balaban J connectivity index is 1.47. The lowest BCUT2D eigenvalue weighted by atomic mass is 10.1. The lowest BCUT2D eigenvalue weighted by molar-refractivity contribution is -0.384. The number of hydrogen-bond donors (Lipinski definition) is 0. The zero-order valence-corrected chi connectivity index (χ0v) is 18.6. The minimum atomic E-state index is -0.304. The minimum Gasteiger partial charge on any atom is -0.368 e. The van der Waals surface area contributed by atoms with Crippen LogP contribution < -0.4 is 9.80 Å². The summed E-state index contributed by atoms with van der Waals surface area (Å²) in [6, 6.07) is 10.3. The summed E-state index contributed by atoms with van der Waals surface area (Å²) in [7, 11) is 0. The molecule has 0 saturated carbocycles. The van der Waals surface area contributed by atoms with Gasteiger partial charge in [-0.15, -0.1) is 0 Å². The van der Waals surface area contributed by atoms with Crippen molar-refractivity contribution in [2.45, 2.75) is 19.3 Å². The molecular weight excluding hydrogens is 439 g/mol. The maximum absolute atomic E-state index is 12.8. The quantitative estimate of drug-likeness (QED) is 0.479. The molecule has 0 N–H and O–H groups in total. The molecule has 2 saturated heterocycles. The molecule has 0 aromatic heterocycles. The van der Waals surface area contributed by atoms with Gasteiger partial charge in [0.15, 0.2) is 0 Å². The van der Waals surface area contributed by atoms with Crippen molar-refractivity contribution in [3.05, 3.63) is 62.1 Å². The van der Waals surface area contributed by atoms with Crippen LogP contribution >= 0.6 is 23.2 Å². The van der Waals surface area contributed by atoms with Crippen LogP contribution in [0, 0.1) is 10.1 Å². The molecule has 9 heteroatoms. The molecule has 2 aliphatic heterocycles. The zero-order valence-electron chi connectivity index (χ0n) is 17.1. The fraction of sp³-hybridized carbons (Fsp3) is 0.409. The number of rotatable bonds is 4. The normalized spacial score (nSPS) is 17.0. The monoisotopic (exact) mass is 462 g/mol. The van der Waals surface area contributed by atoms with Gasteiger partial charge in [-0.25, -0.2) is 0 Å². The number of nitrogens with zero attached hydrogens (tertiary/aromatic N) is 4. The Morgan fingerprint density at radius 1 is 0.839 bits per heavy atom. The van der Waals surface area contributed by atoms with E-state index < -0.39 is 0 Å². The van der Waals surface area contributed by atoms with E-state index in [1.54, 1.807) is 29.2 Å². The summed E-state index contributed by atoms with van der Waals surface area (Å²) in [4.78, 5) is 30.2. The molecule has 4 rings (SSSR count). The van der Waals surface area contributed by atoms with Gasteiger partial charge >= 0.3 is 0 Å². The van der Waals surface area contributed by atoms with E-state index in [-0.39, 0.29) is 16.5 Å². The van der Waals surface area contributed by atoms with E-state index in [0.717, 1.165) is 31.6 Å². The highest BCUT2D eigenvalue weighted by Crippen LogP contribution is 2.34. The molecule has 0 unspecified atom stereocenters. The van der Waals surface area contributed by atoms with E-state index in [0.29, 0.717) is 47.5 Å². The highest BCUT2D eigenvalue weighted by molar-refractivity contribution is 6.42. The van der Waals surface area contributed by atoms with Crippen LogP contribution in [0.1, 0.15) is 29.6 Å². The predicted molar refractivity (Wildman–Crippen MR) is 124 cm³/mol. The van der Waals surface area contributed by atoms with Crippen molar-refractivity contribution < 1.29 is 9.72 Å². The first-order valence-electron chi connectivity index (χ1n) is 10.5. The van der Waals surface area contributed by atoms with Crippen LogP contribution in [-0.4, -0.2) is 55.0 Å². The van der Waals surface area contributed by atoms with Gasteiger partial charge in [0.1, 0.15) is 5.69 Å². The number of benzene rings is 2. The van der Waals surface area contributed by atoms with Gasteiger partial charge in [0.25, 0.3) is 11.6 Å². The molecule has 2 fully saturated rings. The van der Waals surface area contributed by atoms with Gasteiger partial charge in [-0.2, -0.15) is 0 Å². The third-order valence-electron chi connectivity index (χ3n) is 5.95. The number of piperidine rings is 1. The summed E-state index contributed by atoms with van der Waals surface area (Å²) in [6.07, 6.45) is 3.27. The Morgan fingerprint density at radius 3 is 2.19 bits per heavy atom. The second-order valence-electron chi connectivity index (χ2n) is 7.89. The van der Waals surface area contributed by atoms with E-state index in [2.05, 4.69) is 9.80 Å². The fourth-order valence-electron chi connectivity index (χ4n) is 4.23. The molecule has 164 valence electrons. The van der Waals surface area contributed by atoms with E-state index in [9.17, 15) is 14.9 Å². The average Bonchev–Trinajstić information content (AvgIpc) is 2.80. The van der Waals surface area contributed by atoms with Crippen LogP contribution in [-0.2, 0) is 0 Å². The number of nitro benzene ring substituents is 1. The maximum Gasteiger partial charge on any atom is 0.292 e. The number of hydrogen-bond acceptors (Lipinski definition) is 5. The molecule has 0 radical (unpaired) electrons. The first kappa shape index (κ1) is 21.7. The van der Waals surface area contributed by atoms with Gasteiger partial charge in [-0.3, -0.25) is 14.9 Å². The lowest BCUT2D eigenvalue weighted by Crippen LogP contribution is -2.48. The topological polar surface area (TPSA) is 69.9 Å². The van der Waals surface area contributed by atoms with Crippen LogP contribution in [0.2, 0.25) is 10.0 Å². The first-order valence-corrected chi connectivity index (χ1v) is 11.2. The van der Waals surface area contributed by atoms with Crippen molar-refractivity contribution in [2.75, 3.05) is 49.1 Å². The summed E-state index contributed by atoms with van der Waals surface area (Å²) in [5.74, 6) is -0.0732. The number of amides is 1. The molecule has 2 aliphatic rings. The van der Waals surface area contributed by atoms with Crippen molar-refractivity contribution in [1.82, 2.24) is 4.90 Å². The summed E-state index contributed by atoms with van der Waals surface area (Å²) in [5.41, 5.74) is 2.31. The number of halogens is 2. The molecule has 2 aromatic carbocycles. The van der Waals surface area contributed by atoms with E-state index in [4.69, 9.17) is 23.2 Å². The molecule has 2 aromatic rings. The molecule has 31 heavy (non-hydrogen) atoms. The van der Waals surface area contributed by atoms with Crippen LogP contribution in [0.4, 0.5) is 17.1 Å². The van der Waals surface area contributed by atoms with Crippen LogP contribution in [0.3, 0.4) is 0 Å². The second kappa shape index (κ2) is 9.32. The Labute approximate surface area is 191 Å². The Morgan fingerprint density at radius 2 is 1.55 bits per heavy atom. The van der Waals surface area contributed by atoms with Crippen molar-refractivity contribution >= 4 is 46.2 Å². The molecule has 7 nitrogen and oxygen atoms in total. The summed E-state index contributed by atoms with van der Waals surface area (Å²) < 4.78 is 0. The molecule has 0 spiro atoms. The van der Waals surface area contributed by atoms with Crippen LogP contribution in [0.15, 0.2) is 36.4 Å². The van der Waals surface area contributed by atoms with Gasteiger partial charge in [0, 0.05) is 56.6 Å². The molecule has 2 heterocycles. The Bertz CT molecular complexity index is 987. The number of carbonyl (C=O) groups excluding carboxylic acids is 1. The largest absolute Gasteiger partial charge is 0.368 e. The molecule has 0 bridgehead atoms.